The van der Waals surface area contributed by atoms with Crippen LogP contribution in [0.15, 0.2) is 22.7 Å². The quantitative estimate of drug-likeness (QED) is 0.821. The van der Waals surface area contributed by atoms with Gasteiger partial charge in [0.1, 0.15) is 5.76 Å². The molecule has 4 heteroatoms. The van der Waals surface area contributed by atoms with Gasteiger partial charge in [0.15, 0.2) is 0 Å². The third-order valence-corrected chi connectivity index (χ3v) is 4.04. The number of nitrogens with zero attached hydrogens (tertiary/aromatic N) is 1. The minimum absolute atomic E-state index is 0.0223. The maximum Gasteiger partial charge on any atom is 0.141 e. The van der Waals surface area contributed by atoms with Gasteiger partial charge in [-0.2, -0.15) is 0 Å². The standard InChI is InChI=1S/C15H19N3O/c1-8-13(9(2)19-18-8)11-5-3-4-10-6-7-12(16)15(17)14(10)11/h3-5,12,15H,6-7,16-17H2,1-2H3/t12-,15?/m1/s1. The van der Waals surface area contributed by atoms with Crippen LogP contribution in [-0.2, 0) is 6.42 Å². The van der Waals surface area contributed by atoms with Crippen LogP contribution in [0.2, 0.25) is 0 Å². The molecule has 0 fully saturated rings. The van der Waals surface area contributed by atoms with Crippen LogP contribution < -0.4 is 11.5 Å². The molecule has 2 aromatic rings. The van der Waals surface area contributed by atoms with Crippen LogP contribution in [0.25, 0.3) is 11.1 Å². The molecule has 2 atom stereocenters. The molecule has 0 spiro atoms. The van der Waals surface area contributed by atoms with E-state index in [1.165, 1.54) is 5.56 Å². The molecule has 3 rings (SSSR count). The fraction of sp³-hybridized carbons (Fsp3) is 0.400. The van der Waals surface area contributed by atoms with E-state index in [1.807, 2.05) is 13.8 Å². The van der Waals surface area contributed by atoms with Crippen molar-refractivity contribution >= 4 is 0 Å². The number of hydrogen-bond donors (Lipinski definition) is 2. The number of aromatic nitrogens is 1. The highest BCUT2D eigenvalue weighted by molar-refractivity contribution is 5.73. The van der Waals surface area contributed by atoms with E-state index in [4.69, 9.17) is 16.0 Å². The second-order valence-electron chi connectivity index (χ2n) is 5.31. The van der Waals surface area contributed by atoms with Crippen LogP contribution in [0.5, 0.6) is 0 Å². The van der Waals surface area contributed by atoms with Crippen LogP contribution in [0.1, 0.15) is 35.0 Å². The van der Waals surface area contributed by atoms with Gasteiger partial charge in [-0.15, -0.1) is 0 Å². The van der Waals surface area contributed by atoms with E-state index in [9.17, 15) is 0 Å². The van der Waals surface area contributed by atoms with Gasteiger partial charge in [-0.25, -0.2) is 0 Å². The normalized spacial score (nSPS) is 22.3. The zero-order chi connectivity index (χ0) is 13.6. The van der Waals surface area contributed by atoms with Crippen molar-refractivity contribution in [1.29, 1.82) is 0 Å². The Morgan fingerprint density at radius 1 is 1.26 bits per heavy atom. The molecule has 0 bridgehead atoms. The van der Waals surface area contributed by atoms with E-state index in [0.29, 0.717) is 0 Å². The van der Waals surface area contributed by atoms with Gasteiger partial charge in [0, 0.05) is 17.6 Å². The highest BCUT2D eigenvalue weighted by Gasteiger charge is 2.28. The summed E-state index contributed by atoms with van der Waals surface area (Å²) in [7, 11) is 0. The van der Waals surface area contributed by atoms with Gasteiger partial charge in [-0.3, -0.25) is 0 Å². The van der Waals surface area contributed by atoms with Gasteiger partial charge < -0.3 is 16.0 Å². The molecular weight excluding hydrogens is 238 g/mol. The minimum Gasteiger partial charge on any atom is -0.361 e. The summed E-state index contributed by atoms with van der Waals surface area (Å²) >= 11 is 0. The Kier molecular flexibility index (Phi) is 2.92. The first-order valence-electron chi connectivity index (χ1n) is 6.65. The summed E-state index contributed by atoms with van der Waals surface area (Å²) in [6, 6.07) is 6.21. The smallest absolute Gasteiger partial charge is 0.141 e. The zero-order valence-corrected chi connectivity index (χ0v) is 11.3. The van der Waals surface area contributed by atoms with Crippen molar-refractivity contribution in [2.45, 2.75) is 38.8 Å². The van der Waals surface area contributed by atoms with Crippen molar-refractivity contribution in [2.75, 3.05) is 0 Å². The second-order valence-corrected chi connectivity index (χ2v) is 5.31. The average Bonchev–Trinajstić information content (AvgIpc) is 2.73. The minimum atomic E-state index is -0.117. The zero-order valence-electron chi connectivity index (χ0n) is 11.3. The van der Waals surface area contributed by atoms with E-state index in [1.54, 1.807) is 0 Å². The van der Waals surface area contributed by atoms with Crippen molar-refractivity contribution in [3.05, 3.63) is 40.8 Å². The molecule has 100 valence electrons. The summed E-state index contributed by atoms with van der Waals surface area (Å²) < 4.78 is 5.28. The summed E-state index contributed by atoms with van der Waals surface area (Å²) in [5.74, 6) is 0.831. The Morgan fingerprint density at radius 3 is 2.74 bits per heavy atom. The molecule has 0 radical (unpaired) electrons. The summed E-state index contributed by atoms with van der Waals surface area (Å²) in [5, 5.41) is 4.04. The first-order valence-corrected chi connectivity index (χ1v) is 6.65. The number of rotatable bonds is 1. The van der Waals surface area contributed by atoms with Gasteiger partial charge in [0.2, 0.25) is 0 Å². The summed E-state index contributed by atoms with van der Waals surface area (Å²) in [4.78, 5) is 0. The molecule has 0 saturated heterocycles. The van der Waals surface area contributed by atoms with Crippen molar-refractivity contribution in [2.24, 2.45) is 11.5 Å². The number of benzene rings is 1. The molecule has 1 heterocycles. The van der Waals surface area contributed by atoms with E-state index >= 15 is 0 Å². The molecule has 0 saturated carbocycles. The number of aryl methyl sites for hydroxylation is 3. The van der Waals surface area contributed by atoms with Crippen LogP contribution in [-0.4, -0.2) is 11.2 Å². The Morgan fingerprint density at radius 2 is 2.05 bits per heavy atom. The van der Waals surface area contributed by atoms with Gasteiger partial charge in [0.05, 0.1) is 5.69 Å². The van der Waals surface area contributed by atoms with Crippen LogP contribution in [0, 0.1) is 13.8 Å². The summed E-state index contributed by atoms with van der Waals surface area (Å²) in [5.41, 5.74) is 18.0. The van der Waals surface area contributed by atoms with Gasteiger partial charge >= 0.3 is 0 Å². The molecule has 1 unspecified atom stereocenters. The number of fused-ring (bicyclic) bond motifs is 1. The Balaban J connectivity index is 2.24. The molecule has 1 aliphatic rings. The molecule has 0 amide bonds. The van der Waals surface area contributed by atoms with E-state index in [2.05, 4.69) is 23.4 Å². The highest BCUT2D eigenvalue weighted by Crippen LogP contribution is 2.38. The maximum atomic E-state index is 6.32. The predicted octanol–water partition coefficient (Wildman–Crippen LogP) is 2.23. The van der Waals surface area contributed by atoms with Gasteiger partial charge in [0.25, 0.3) is 0 Å². The first-order chi connectivity index (χ1) is 9.09. The summed E-state index contributed by atoms with van der Waals surface area (Å²) in [6.07, 6.45) is 1.93. The van der Waals surface area contributed by atoms with E-state index < -0.39 is 0 Å². The lowest BCUT2D eigenvalue weighted by Crippen LogP contribution is -2.38. The lowest BCUT2D eigenvalue weighted by atomic mass is 9.80. The third kappa shape index (κ3) is 1.88. The second kappa shape index (κ2) is 4.47. The lowest BCUT2D eigenvalue weighted by Gasteiger charge is -2.30. The van der Waals surface area contributed by atoms with Crippen LogP contribution >= 0.6 is 0 Å². The number of nitrogens with two attached hydrogens (primary N) is 2. The number of hydrogen-bond acceptors (Lipinski definition) is 4. The Bertz CT molecular complexity index is 598. The van der Waals surface area contributed by atoms with Gasteiger partial charge in [-0.05, 0) is 43.4 Å². The largest absolute Gasteiger partial charge is 0.361 e. The van der Waals surface area contributed by atoms with Crippen molar-refractivity contribution in [1.82, 2.24) is 5.16 Å². The molecule has 1 aromatic carbocycles. The molecule has 19 heavy (non-hydrogen) atoms. The fourth-order valence-corrected chi connectivity index (χ4v) is 3.03. The first kappa shape index (κ1) is 12.4. The van der Waals surface area contributed by atoms with Crippen LogP contribution in [0.3, 0.4) is 0 Å². The molecule has 4 nitrogen and oxygen atoms in total. The monoisotopic (exact) mass is 257 g/mol. The third-order valence-electron chi connectivity index (χ3n) is 4.04. The molecule has 1 aromatic heterocycles. The topological polar surface area (TPSA) is 78.1 Å². The fourth-order valence-electron chi connectivity index (χ4n) is 3.03. The van der Waals surface area contributed by atoms with Crippen molar-refractivity contribution in [3.8, 4) is 11.1 Å². The highest BCUT2D eigenvalue weighted by atomic mass is 16.5. The van der Waals surface area contributed by atoms with E-state index in [-0.39, 0.29) is 12.1 Å². The summed E-state index contributed by atoms with van der Waals surface area (Å²) in [6.45, 7) is 3.89. The Labute approximate surface area is 112 Å². The van der Waals surface area contributed by atoms with Crippen LogP contribution in [0.4, 0.5) is 0 Å². The van der Waals surface area contributed by atoms with Crippen molar-refractivity contribution < 1.29 is 4.52 Å². The maximum absolute atomic E-state index is 6.32. The van der Waals surface area contributed by atoms with Crippen molar-refractivity contribution in [3.63, 3.8) is 0 Å². The molecule has 4 N–H and O–H groups in total. The molecule has 1 aliphatic carbocycles. The molecule has 0 aliphatic heterocycles. The SMILES string of the molecule is Cc1noc(C)c1-c1cccc2c1C(N)[C@H](N)CC2. The lowest BCUT2D eigenvalue weighted by molar-refractivity contribution is 0.393. The Hall–Kier alpha value is -1.65. The van der Waals surface area contributed by atoms with Gasteiger partial charge in [-0.1, -0.05) is 23.4 Å². The predicted molar refractivity (Wildman–Crippen MR) is 74.6 cm³/mol. The molecular formula is C15H19N3O. The average molecular weight is 257 g/mol. The van der Waals surface area contributed by atoms with E-state index in [0.717, 1.165) is 41.0 Å².